The Bertz CT molecular complexity index is 480. The Hall–Kier alpha value is -1.18. The fourth-order valence-electron chi connectivity index (χ4n) is 4.18. The molecule has 2 aliphatic rings. The van der Waals surface area contributed by atoms with Gasteiger partial charge in [0, 0.05) is 6.04 Å². The molecule has 0 amide bonds. The van der Waals surface area contributed by atoms with Crippen LogP contribution in [-0.2, 0) is 5.41 Å². The Morgan fingerprint density at radius 3 is 2.79 bits per heavy atom. The molecule has 0 saturated heterocycles. The summed E-state index contributed by atoms with van der Waals surface area (Å²) in [7, 11) is 1.76. The van der Waals surface area contributed by atoms with E-state index >= 15 is 0 Å². The van der Waals surface area contributed by atoms with E-state index in [0.29, 0.717) is 6.04 Å². The van der Waals surface area contributed by atoms with Crippen molar-refractivity contribution in [2.24, 2.45) is 11.8 Å². The third-order valence-electron chi connectivity index (χ3n) is 5.31. The molecular weight excluding hydrogens is 234 g/mol. The quantitative estimate of drug-likeness (QED) is 0.816. The molecular formula is C17H25NO. The van der Waals surface area contributed by atoms with E-state index in [4.69, 9.17) is 4.74 Å². The molecule has 1 saturated carbocycles. The van der Waals surface area contributed by atoms with E-state index < -0.39 is 0 Å². The summed E-state index contributed by atoms with van der Waals surface area (Å²) in [4.78, 5) is 0. The molecule has 2 nitrogen and oxygen atoms in total. The lowest BCUT2D eigenvalue weighted by Gasteiger charge is -2.50. The molecule has 104 valence electrons. The standard InChI is InChI=1S/C17H25NO/c1-11-8-9-12-14(10-11)18-16-13(17(12,2)3)6-5-7-15(16)19-4/h5-7,11-12,14,18H,8-10H2,1-4H3/t11-,12-,14-/m1/s1. The molecule has 1 fully saturated rings. The average Bonchev–Trinajstić information content (AvgIpc) is 2.37. The van der Waals surface area contributed by atoms with Crippen molar-refractivity contribution in [3.63, 3.8) is 0 Å². The van der Waals surface area contributed by atoms with Gasteiger partial charge in [-0.1, -0.05) is 39.3 Å². The minimum atomic E-state index is 0.236. The molecule has 1 N–H and O–H groups in total. The van der Waals surface area contributed by atoms with Crippen LogP contribution in [-0.4, -0.2) is 13.2 Å². The van der Waals surface area contributed by atoms with E-state index in [1.165, 1.54) is 30.5 Å². The van der Waals surface area contributed by atoms with Gasteiger partial charge in [0.15, 0.2) is 0 Å². The molecule has 1 aromatic rings. The summed E-state index contributed by atoms with van der Waals surface area (Å²) in [6.07, 6.45) is 3.99. The maximum absolute atomic E-state index is 5.55. The first-order chi connectivity index (χ1) is 9.04. The number of ether oxygens (including phenoxy) is 1. The molecule has 3 rings (SSSR count). The highest BCUT2D eigenvalue weighted by atomic mass is 16.5. The summed E-state index contributed by atoms with van der Waals surface area (Å²) >= 11 is 0. The second-order valence-electron chi connectivity index (χ2n) is 6.88. The van der Waals surface area contributed by atoms with Crippen molar-refractivity contribution in [2.45, 2.75) is 51.5 Å². The summed E-state index contributed by atoms with van der Waals surface area (Å²) in [6, 6.07) is 7.04. The molecule has 19 heavy (non-hydrogen) atoms. The summed E-state index contributed by atoms with van der Waals surface area (Å²) < 4.78 is 5.55. The number of para-hydroxylation sites is 1. The average molecular weight is 259 g/mol. The van der Waals surface area contributed by atoms with Crippen molar-refractivity contribution in [2.75, 3.05) is 12.4 Å². The Morgan fingerprint density at radius 2 is 2.05 bits per heavy atom. The van der Waals surface area contributed by atoms with E-state index in [-0.39, 0.29) is 5.41 Å². The highest BCUT2D eigenvalue weighted by molar-refractivity contribution is 5.67. The molecule has 1 aliphatic heterocycles. The largest absolute Gasteiger partial charge is 0.495 e. The van der Waals surface area contributed by atoms with Crippen molar-refractivity contribution in [3.8, 4) is 5.75 Å². The van der Waals surface area contributed by atoms with Crippen LogP contribution >= 0.6 is 0 Å². The van der Waals surface area contributed by atoms with Crippen LogP contribution in [0.25, 0.3) is 0 Å². The molecule has 1 aliphatic carbocycles. The van der Waals surface area contributed by atoms with Crippen LogP contribution in [0, 0.1) is 11.8 Å². The van der Waals surface area contributed by atoms with Gasteiger partial charge in [0.25, 0.3) is 0 Å². The van der Waals surface area contributed by atoms with Gasteiger partial charge in [-0.25, -0.2) is 0 Å². The van der Waals surface area contributed by atoms with Crippen molar-refractivity contribution in [3.05, 3.63) is 23.8 Å². The van der Waals surface area contributed by atoms with E-state index in [0.717, 1.165) is 17.6 Å². The third kappa shape index (κ3) is 1.92. The Labute approximate surface area is 116 Å². The van der Waals surface area contributed by atoms with Crippen LogP contribution in [0.15, 0.2) is 18.2 Å². The first-order valence-corrected chi connectivity index (χ1v) is 7.48. The zero-order valence-corrected chi connectivity index (χ0v) is 12.5. The van der Waals surface area contributed by atoms with Gasteiger partial charge in [-0.2, -0.15) is 0 Å². The number of nitrogens with one attached hydrogen (secondary N) is 1. The highest BCUT2D eigenvalue weighted by Gasteiger charge is 2.45. The van der Waals surface area contributed by atoms with Crippen LogP contribution in [0.4, 0.5) is 5.69 Å². The number of hydrogen-bond donors (Lipinski definition) is 1. The molecule has 0 radical (unpaired) electrons. The Balaban J connectivity index is 2.07. The maximum Gasteiger partial charge on any atom is 0.142 e. The number of methoxy groups -OCH3 is 1. The highest BCUT2D eigenvalue weighted by Crippen LogP contribution is 2.51. The molecule has 0 aromatic heterocycles. The van der Waals surface area contributed by atoms with Crippen molar-refractivity contribution in [1.29, 1.82) is 0 Å². The SMILES string of the molecule is COc1cccc2c1N[C@@H]1C[C@H](C)CC[C@H]1C2(C)C. The number of benzene rings is 1. The van der Waals surface area contributed by atoms with E-state index in [1.807, 2.05) is 0 Å². The van der Waals surface area contributed by atoms with Gasteiger partial charge in [-0.15, -0.1) is 0 Å². The molecule has 1 aromatic carbocycles. The fourth-order valence-corrected chi connectivity index (χ4v) is 4.18. The van der Waals surface area contributed by atoms with Crippen LogP contribution in [0.1, 0.15) is 45.6 Å². The van der Waals surface area contributed by atoms with Gasteiger partial charge in [0.1, 0.15) is 5.75 Å². The lowest BCUT2D eigenvalue weighted by molar-refractivity contribution is 0.173. The normalized spacial score (nSPS) is 31.9. The monoisotopic (exact) mass is 259 g/mol. The number of anilines is 1. The molecule has 1 heterocycles. The molecule has 3 atom stereocenters. The molecule has 0 spiro atoms. The Kier molecular flexibility index (Phi) is 2.99. The first-order valence-electron chi connectivity index (χ1n) is 7.48. The Morgan fingerprint density at radius 1 is 1.26 bits per heavy atom. The fraction of sp³-hybridized carbons (Fsp3) is 0.647. The zero-order valence-electron chi connectivity index (χ0n) is 12.5. The molecule has 0 unspecified atom stereocenters. The second kappa shape index (κ2) is 4.43. The smallest absolute Gasteiger partial charge is 0.142 e. The number of hydrogen-bond acceptors (Lipinski definition) is 2. The lowest BCUT2D eigenvalue weighted by Crippen LogP contribution is -2.49. The summed E-state index contributed by atoms with van der Waals surface area (Å²) in [6.45, 7) is 7.18. The van der Waals surface area contributed by atoms with E-state index in [9.17, 15) is 0 Å². The van der Waals surface area contributed by atoms with Gasteiger partial charge >= 0.3 is 0 Å². The third-order valence-corrected chi connectivity index (χ3v) is 5.31. The van der Waals surface area contributed by atoms with Crippen LogP contribution < -0.4 is 10.1 Å². The van der Waals surface area contributed by atoms with Crippen molar-refractivity contribution < 1.29 is 4.74 Å². The van der Waals surface area contributed by atoms with Gasteiger partial charge in [0.2, 0.25) is 0 Å². The van der Waals surface area contributed by atoms with Crippen LogP contribution in [0.5, 0.6) is 5.75 Å². The number of fused-ring (bicyclic) bond motifs is 2. The van der Waals surface area contributed by atoms with Gasteiger partial charge in [-0.3, -0.25) is 0 Å². The van der Waals surface area contributed by atoms with Gasteiger partial charge in [0.05, 0.1) is 12.8 Å². The minimum absolute atomic E-state index is 0.236. The zero-order chi connectivity index (χ0) is 13.6. The second-order valence-corrected chi connectivity index (χ2v) is 6.88. The maximum atomic E-state index is 5.55. The lowest BCUT2D eigenvalue weighted by atomic mass is 9.61. The van der Waals surface area contributed by atoms with E-state index in [1.54, 1.807) is 7.11 Å². The van der Waals surface area contributed by atoms with Crippen molar-refractivity contribution in [1.82, 2.24) is 0 Å². The summed E-state index contributed by atoms with van der Waals surface area (Å²) in [5, 5.41) is 3.78. The van der Waals surface area contributed by atoms with Gasteiger partial charge < -0.3 is 10.1 Å². The molecule has 2 heteroatoms. The first kappa shape index (κ1) is 12.8. The predicted molar refractivity (Wildman–Crippen MR) is 79.9 cm³/mol. The van der Waals surface area contributed by atoms with Crippen molar-refractivity contribution >= 4 is 5.69 Å². The minimum Gasteiger partial charge on any atom is -0.495 e. The van der Waals surface area contributed by atoms with E-state index in [2.05, 4.69) is 44.3 Å². The van der Waals surface area contributed by atoms with Crippen LogP contribution in [0.3, 0.4) is 0 Å². The topological polar surface area (TPSA) is 21.3 Å². The van der Waals surface area contributed by atoms with Crippen LogP contribution in [0.2, 0.25) is 0 Å². The van der Waals surface area contributed by atoms with Gasteiger partial charge in [-0.05, 0) is 41.7 Å². The molecule has 0 bridgehead atoms. The predicted octanol–water partition coefficient (Wildman–Crippen LogP) is 4.20. The summed E-state index contributed by atoms with van der Waals surface area (Å²) in [5.74, 6) is 2.56. The summed E-state index contributed by atoms with van der Waals surface area (Å²) in [5.41, 5.74) is 2.88. The number of rotatable bonds is 1.